The average molecular weight is 453 g/mol. The number of hydrazine groups is 1. The zero-order valence-electron chi connectivity index (χ0n) is 18.1. The summed E-state index contributed by atoms with van der Waals surface area (Å²) in [4.78, 5) is 16.3. The maximum atomic E-state index is 15.7. The summed E-state index contributed by atoms with van der Waals surface area (Å²) >= 11 is 0. The Kier molecular flexibility index (Phi) is 6.28. The molecule has 178 valence electrons. The predicted molar refractivity (Wildman–Crippen MR) is 105 cm³/mol. The van der Waals surface area contributed by atoms with Crippen molar-refractivity contribution >= 4 is 5.91 Å². The van der Waals surface area contributed by atoms with E-state index in [1.807, 2.05) is 0 Å². The molecule has 2 saturated carbocycles. The van der Waals surface area contributed by atoms with E-state index >= 15 is 8.78 Å². The standard InChI is InChI=1S/C21H33F5N4O/c1-20(23,17(22)18-28-27-11-29(18)2)12-5-3-6-13(9-12)30-10-15-14(19(30)31)7-4-8-16(15)21(24,25)26/h12-18,27-28H,3-11H2,1-2H3/t12?,13?,14?,15?,16?,17-,18?,20+/m0/s1. The molecule has 0 aromatic carbocycles. The molecule has 2 saturated heterocycles. The molecule has 2 N–H and O–H groups in total. The van der Waals surface area contributed by atoms with Gasteiger partial charge in [-0.05, 0) is 57.9 Å². The van der Waals surface area contributed by atoms with Crippen molar-refractivity contribution in [2.75, 3.05) is 20.3 Å². The molecule has 10 heteroatoms. The van der Waals surface area contributed by atoms with Crippen molar-refractivity contribution in [2.45, 2.75) is 82.1 Å². The molecule has 31 heavy (non-hydrogen) atoms. The largest absolute Gasteiger partial charge is 0.392 e. The maximum absolute atomic E-state index is 15.7. The number of nitrogens with one attached hydrogen (secondary N) is 2. The fraction of sp³-hybridized carbons (Fsp3) is 0.952. The Morgan fingerprint density at radius 2 is 1.81 bits per heavy atom. The molecule has 1 amide bonds. The minimum absolute atomic E-state index is 0.0705. The lowest BCUT2D eigenvalue weighted by molar-refractivity contribution is -0.198. The van der Waals surface area contributed by atoms with Crippen LogP contribution in [0.4, 0.5) is 22.0 Å². The summed E-state index contributed by atoms with van der Waals surface area (Å²) in [6.07, 6.45) is -3.84. The van der Waals surface area contributed by atoms with Crippen LogP contribution in [0.3, 0.4) is 0 Å². The fourth-order valence-corrected chi connectivity index (χ4v) is 6.37. The highest BCUT2D eigenvalue weighted by molar-refractivity contribution is 5.82. The Bertz CT molecular complexity index is 675. The number of alkyl halides is 5. The van der Waals surface area contributed by atoms with Crippen LogP contribution in [0.15, 0.2) is 0 Å². The molecule has 6 unspecified atom stereocenters. The first-order chi connectivity index (χ1) is 14.5. The van der Waals surface area contributed by atoms with Gasteiger partial charge in [-0.1, -0.05) is 12.8 Å². The highest BCUT2D eigenvalue weighted by Crippen LogP contribution is 2.50. The van der Waals surface area contributed by atoms with Crippen molar-refractivity contribution in [1.82, 2.24) is 20.7 Å². The molecule has 0 aromatic rings. The van der Waals surface area contributed by atoms with E-state index in [2.05, 4.69) is 10.9 Å². The zero-order chi connectivity index (χ0) is 22.6. The maximum Gasteiger partial charge on any atom is 0.392 e. The van der Waals surface area contributed by atoms with Gasteiger partial charge in [0.15, 0.2) is 6.17 Å². The summed E-state index contributed by atoms with van der Waals surface area (Å²) in [6, 6.07) is -0.319. The van der Waals surface area contributed by atoms with Crippen LogP contribution in [-0.4, -0.2) is 66.2 Å². The Balaban J connectivity index is 1.46. The molecular weight excluding hydrogens is 419 g/mol. The minimum Gasteiger partial charge on any atom is -0.339 e. The highest BCUT2D eigenvalue weighted by atomic mass is 19.4. The second-order valence-corrected chi connectivity index (χ2v) is 10.1. The highest BCUT2D eigenvalue weighted by Gasteiger charge is 2.56. The number of hydrogen-bond donors (Lipinski definition) is 2. The number of fused-ring (bicyclic) bond motifs is 1. The lowest BCUT2D eigenvalue weighted by Crippen LogP contribution is -2.56. The van der Waals surface area contributed by atoms with E-state index in [1.54, 1.807) is 16.8 Å². The average Bonchev–Trinajstić information content (AvgIpc) is 3.30. The number of nitrogens with zero attached hydrogens (tertiary/aromatic N) is 2. The van der Waals surface area contributed by atoms with E-state index in [-0.39, 0.29) is 24.9 Å². The normalized spacial score (nSPS) is 40.6. The van der Waals surface area contributed by atoms with Crippen LogP contribution < -0.4 is 10.9 Å². The Morgan fingerprint density at radius 3 is 2.45 bits per heavy atom. The van der Waals surface area contributed by atoms with Gasteiger partial charge >= 0.3 is 6.18 Å². The summed E-state index contributed by atoms with van der Waals surface area (Å²) < 4.78 is 71.5. The first kappa shape index (κ1) is 23.2. The molecule has 4 aliphatic rings. The van der Waals surface area contributed by atoms with Crippen LogP contribution in [0, 0.1) is 23.7 Å². The summed E-state index contributed by atoms with van der Waals surface area (Å²) in [5, 5.41) is 0. The van der Waals surface area contributed by atoms with Crippen LogP contribution >= 0.6 is 0 Å². The number of hydrogen-bond acceptors (Lipinski definition) is 4. The third kappa shape index (κ3) is 4.19. The molecule has 2 heterocycles. The van der Waals surface area contributed by atoms with E-state index in [1.165, 1.54) is 6.92 Å². The van der Waals surface area contributed by atoms with Gasteiger partial charge in [0.2, 0.25) is 5.91 Å². The lowest BCUT2D eigenvalue weighted by Gasteiger charge is -2.43. The van der Waals surface area contributed by atoms with Gasteiger partial charge in [0.1, 0.15) is 11.8 Å². The van der Waals surface area contributed by atoms with Crippen molar-refractivity contribution in [3.05, 3.63) is 0 Å². The number of rotatable bonds is 4. The molecule has 8 atom stereocenters. The quantitative estimate of drug-likeness (QED) is 0.643. The molecular formula is C21H33F5N4O. The van der Waals surface area contributed by atoms with Gasteiger partial charge in [-0.2, -0.15) is 13.2 Å². The number of halogens is 5. The second kappa shape index (κ2) is 8.41. The van der Waals surface area contributed by atoms with Crippen LogP contribution in [-0.2, 0) is 4.79 Å². The van der Waals surface area contributed by atoms with E-state index in [4.69, 9.17) is 0 Å². The molecule has 4 rings (SSSR count). The summed E-state index contributed by atoms with van der Waals surface area (Å²) in [7, 11) is 1.70. The molecule has 5 nitrogen and oxygen atoms in total. The minimum atomic E-state index is -4.30. The Labute approximate surface area is 180 Å². The number of likely N-dealkylation sites (tertiary alicyclic amines) is 1. The van der Waals surface area contributed by atoms with Crippen molar-refractivity contribution in [3.8, 4) is 0 Å². The Morgan fingerprint density at radius 1 is 1.10 bits per heavy atom. The predicted octanol–water partition coefficient (Wildman–Crippen LogP) is 3.37. The second-order valence-electron chi connectivity index (χ2n) is 10.1. The van der Waals surface area contributed by atoms with Crippen LogP contribution in [0.25, 0.3) is 0 Å². The number of amides is 1. The lowest BCUT2D eigenvalue weighted by atomic mass is 9.73. The molecule has 2 aliphatic heterocycles. The zero-order valence-corrected chi connectivity index (χ0v) is 18.1. The monoisotopic (exact) mass is 452 g/mol. The van der Waals surface area contributed by atoms with Gasteiger partial charge in [0.05, 0.1) is 12.6 Å². The molecule has 0 radical (unpaired) electrons. The van der Waals surface area contributed by atoms with Crippen LogP contribution in [0.5, 0.6) is 0 Å². The van der Waals surface area contributed by atoms with Gasteiger partial charge in [-0.25, -0.2) is 19.6 Å². The van der Waals surface area contributed by atoms with E-state index in [0.29, 0.717) is 45.2 Å². The summed E-state index contributed by atoms with van der Waals surface area (Å²) in [6.45, 7) is 1.77. The van der Waals surface area contributed by atoms with Crippen molar-refractivity contribution in [2.24, 2.45) is 23.7 Å². The van der Waals surface area contributed by atoms with Crippen LogP contribution in [0.1, 0.15) is 51.9 Å². The molecule has 0 bridgehead atoms. The van der Waals surface area contributed by atoms with E-state index in [0.717, 1.165) is 0 Å². The van der Waals surface area contributed by atoms with E-state index < -0.39 is 47.9 Å². The third-order valence-electron chi connectivity index (χ3n) is 8.25. The third-order valence-corrected chi connectivity index (χ3v) is 8.25. The van der Waals surface area contributed by atoms with Gasteiger partial charge in [-0.3, -0.25) is 9.69 Å². The van der Waals surface area contributed by atoms with Gasteiger partial charge in [0.25, 0.3) is 0 Å². The molecule has 0 aromatic heterocycles. The van der Waals surface area contributed by atoms with E-state index in [9.17, 15) is 18.0 Å². The summed E-state index contributed by atoms with van der Waals surface area (Å²) in [5.41, 5.74) is 3.46. The van der Waals surface area contributed by atoms with Crippen molar-refractivity contribution in [3.63, 3.8) is 0 Å². The topological polar surface area (TPSA) is 47.6 Å². The number of carbonyl (C=O) groups excluding carboxylic acids is 1. The smallest absolute Gasteiger partial charge is 0.339 e. The van der Waals surface area contributed by atoms with Gasteiger partial charge in [0, 0.05) is 18.5 Å². The van der Waals surface area contributed by atoms with Crippen LogP contribution in [0.2, 0.25) is 0 Å². The molecule has 2 aliphatic carbocycles. The van der Waals surface area contributed by atoms with Crippen molar-refractivity contribution < 1.29 is 26.7 Å². The first-order valence-electron chi connectivity index (χ1n) is 11.4. The summed E-state index contributed by atoms with van der Waals surface area (Å²) in [5.74, 6) is -3.56. The molecule has 0 spiro atoms. The first-order valence-corrected chi connectivity index (χ1v) is 11.4. The van der Waals surface area contributed by atoms with Crippen molar-refractivity contribution in [1.29, 1.82) is 0 Å². The SMILES string of the molecule is CN1CNNC1[C@H](F)[C@](C)(F)C1CCCC(N2CC3C(CCCC3C(F)(F)F)C2=O)C1. The number of carbonyl (C=O) groups is 1. The van der Waals surface area contributed by atoms with Gasteiger partial charge < -0.3 is 4.90 Å². The Hall–Kier alpha value is -1.00. The molecule has 4 fully saturated rings. The fourth-order valence-electron chi connectivity index (χ4n) is 6.37. The van der Waals surface area contributed by atoms with Gasteiger partial charge in [-0.15, -0.1) is 0 Å².